The zero-order valence-corrected chi connectivity index (χ0v) is 10.9. The molecule has 1 aliphatic rings. The average molecular weight is 251 g/mol. The molecular formula is C12H21N5O. The molecule has 1 aliphatic carbocycles. The fourth-order valence-corrected chi connectivity index (χ4v) is 1.77. The van der Waals surface area contributed by atoms with E-state index < -0.39 is 0 Å². The summed E-state index contributed by atoms with van der Waals surface area (Å²) in [4.78, 5) is 8.96. The molecule has 100 valence electrons. The Bertz CT molecular complexity index is 417. The van der Waals surface area contributed by atoms with Gasteiger partial charge in [0, 0.05) is 18.0 Å². The summed E-state index contributed by atoms with van der Waals surface area (Å²) in [6.07, 6.45) is 2.68. The van der Waals surface area contributed by atoms with Crippen LogP contribution in [0.5, 0.6) is 0 Å². The first-order valence-corrected chi connectivity index (χ1v) is 6.39. The Morgan fingerprint density at radius 1 is 1.39 bits per heavy atom. The third-order valence-electron chi connectivity index (χ3n) is 3.10. The predicted octanol–water partition coefficient (Wildman–Crippen LogP) is 1.13. The van der Waals surface area contributed by atoms with E-state index in [0.717, 1.165) is 30.0 Å². The number of hydrogen-bond acceptors (Lipinski definition) is 6. The van der Waals surface area contributed by atoms with Gasteiger partial charge in [-0.25, -0.2) is 15.8 Å². The van der Waals surface area contributed by atoms with Crippen molar-refractivity contribution in [1.82, 2.24) is 9.97 Å². The van der Waals surface area contributed by atoms with Gasteiger partial charge >= 0.3 is 0 Å². The van der Waals surface area contributed by atoms with E-state index in [9.17, 15) is 5.11 Å². The highest BCUT2D eigenvalue weighted by Crippen LogP contribution is 2.39. The highest BCUT2D eigenvalue weighted by atomic mass is 16.3. The van der Waals surface area contributed by atoms with Crippen LogP contribution in [0.4, 0.5) is 11.6 Å². The lowest BCUT2D eigenvalue weighted by Gasteiger charge is -2.14. The number of nitrogens with zero attached hydrogens (tertiary/aromatic N) is 2. The zero-order chi connectivity index (χ0) is 13.1. The van der Waals surface area contributed by atoms with E-state index in [1.165, 1.54) is 0 Å². The van der Waals surface area contributed by atoms with Gasteiger partial charge in [-0.1, -0.05) is 0 Å². The van der Waals surface area contributed by atoms with E-state index in [-0.39, 0.29) is 6.10 Å². The molecule has 18 heavy (non-hydrogen) atoms. The van der Waals surface area contributed by atoms with E-state index in [4.69, 9.17) is 5.84 Å². The Balaban J connectivity index is 2.13. The molecule has 1 atom stereocenters. The molecule has 0 spiro atoms. The highest BCUT2D eigenvalue weighted by Gasteiger charge is 2.28. The van der Waals surface area contributed by atoms with Crippen LogP contribution in [0.2, 0.25) is 0 Å². The fraction of sp³-hybridized carbons (Fsp3) is 0.667. The van der Waals surface area contributed by atoms with E-state index >= 15 is 0 Å². The number of anilines is 2. The number of hydrazine groups is 1. The van der Waals surface area contributed by atoms with Crippen molar-refractivity contribution in [2.24, 2.45) is 5.84 Å². The second-order valence-electron chi connectivity index (χ2n) is 4.89. The Kier molecular flexibility index (Phi) is 3.98. The second-order valence-corrected chi connectivity index (χ2v) is 4.89. The maximum Gasteiger partial charge on any atom is 0.148 e. The third kappa shape index (κ3) is 3.08. The zero-order valence-electron chi connectivity index (χ0n) is 10.9. The first-order chi connectivity index (χ1) is 8.61. The molecular weight excluding hydrogens is 230 g/mol. The van der Waals surface area contributed by atoms with Gasteiger partial charge in [-0.15, -0.1) is 0 Å². The highest BCUT2D eigenvalue weighted by molar-refractivity contribution is 5.57. The molecule has 1 saturated carbocycles. The lowest BCUT2D eigenvalue weighted by molar-refractivity contribution is 0.188. The fourth-order valence-electron chi connectivity index (χ4n) is 1.77. The van der Waals surface area contributed by atoms with Crippen molar-refractivity contribution in [3.63, 3.8) is 0 Å². The van der Waals surface area contributed by atoms with Crippen molar-refractivity contribution in [1.29, 1.82) is 0 Å². The molecule has 0 amide bonds. The maximum absolute atomic E-state index is 9.25. The molecule has 0 aliphatic heterocycles. The number of hydrogen-bond donors (Lipinski definition) is 4. The molecule has 0 aromatic carbocycles. The smallest absolute Gasteiger partial charge is 0.148 e. The van der Waals surface area contributed by atoms with Crippen molar-refractivity contribution in [2.45, 2.75) is 45.1 Å². The van der Waals surface area contributed by atoms with Crippen LogP contribution >= 0.6 is 0 Å². The van der Waals surface area contributed by atoms with Gasteiger partial charge in [0.25, 0.3) is 0 Å². The van der Waals surface area contributed by atoms with E-state index in [1.807, 2.05) is 6.92 Å². The summed E-state index contributed by atoms with van der Waals surface area (Å²) in [6, 6.07) is 0. The van der Waals surface area contributed by atoms with E-state index in [1.54, 1.807) is 6.92 Å². The monoisotopic (exact) mass is 251 g/mol. The minimum absolute atomic E-state index is 0.311. The van der Waals surface area contributed by atoms with Crippen molar-refractivity contribution in [2.75, 3.05) is 17.3 Å². The van der Waals surface area contributed by atoms with Crippen molar-refractivity contribution < 1.29 is 5.11 Å². The summed E-state index contributed by atoms with van der Waals surface area (Å²) in [5, 5.41) is 12.5. The van der Waals surface area contributed by atoms with E-state index in [2.05, 4.69) is 20.7 Å². The summed E-state index contributed by atoms with van der Waals surface area (Å²) in [6.45, 7) is 4.39. The molecule has 2 rings (SSSR count). The molecule has 1 unspecified atom stereocenters. The molecule has 1 aromatic heterocycles. The minimum atomic E-state index is -0.311. The van der Waals surface area contributed by atoms with Crippen molar-refractivity contribution in [3.8, 4) is 0 Å². The van der Waals surface area contributed by atoms with Gasteiger partial charge < -0.3 is 15.8 Å². The number of nitrogens with two attached hydrogens (primary N) is 1. The third-order valence-corrected chi connectivity index (χ3v) is 3.10. The normalized spacial score (nSPS) is 16.4. The summed E-state index contributed by atoms with van der Waals surface area (Å²) >= 11 is 0. The number of aromatic nitrogens is 2. The van der Waals surface area contributed by atoms with Gasteiger partial charge in [-0.3, -0.25) is 0 Å². The van der Waals surface area contributed by atoms with Crippen LogP contribution in [-0.2, 0) is 0 Å². The number of aliphatic hydroxyl groups excluding tert-OH is 1. The summed E-state index contributed by atoms with van der Waals surface area (Å²) in [5.41, 5.74) is 3.53. The summed E-state index contributed by atoms with van der Waals surface area (Å²) in [7, 11) is 0. The molecule has 0 bridgehead atoms. The molecule has 6 heteroatoms. The van der Waals surface area contributed by atoms with E-state index in [0.29, 0.717) is 24.7 Å². The quantitative estimate of drug-likeness (QED) is 0.447. The standard InChI is InChI=1S/C12H21N5O/c1-7(18)5-6-14-10-8(2)11(17-13)16-12(15-10)9-3-4-9/h7,9,18H,3-6,13H2,1-2H3,(H2,14,15,16,17). The Morgan fingerprint density at radius 3 is 2.61 bits per heavy atom. The second kappa shape index (κ2) is 5.49. The summed E-state index contributed by atoms with van der Waals surface area (Å²) in [5.74, 6) is 8.29. The first-order valence-electron chi connectivity index (χ1n) is 6.39. The number of rotatable bonds is 6. The lowest BCUT2D eigenvalue weighted by Crippen LogP contribution is -2.16. The molecule has 6 nitrogen and oxygen atoms in total. The molecule has 0 radical (unpaired) electrons. The minimum Gasteiger partial charge on any atom is -0.393 e. The summed E-state index contributed by atoms with van der Waals surface area (Å²) < 4.78 is 0. The van der Waals surface area contributed by atoms with Crippen LogP contribution in [0.15, 0.2) is 0 Å². The SMILES string of the molecule is Cc1c(NN)nc(C2CC2)nc1NCCC(C)O. The Morgan fingerprint density at radius 2 is 2.06 bits per heavy atom. The predicted molar refractivity (Wildman–Crippen MR) is 71.3 cm³/mol. The van der Waals surface area contributed by atoms with Gasteiger partial charge in [0.1, 0.15) is 17.5 Å². The van der Waals surface area contributed by atoms with Crippen LogP contribution in [0.25, 0.3) is 0 Å². The average Bonchev–Trinajstić information content (AvgIpc) is 3.15. The first kappa shape index (κ1) is 13.0. The Hall–Kier alpha value is -1.40. The van der Waals surface area contributed by atoms with Gasteiger partial charge in [0.2, 0.25) is 0 Å². The van der Waals surface area contributed by atoms with Gasteiger partial charge in [0.15, 0.2) is 0 Å². The van der Waals surface area contributed by atoms with Gasteiger partial charge in [-0.2, -0.15) is 0 Å². The van der Waals surface area contributed by atoms with Gasteiger partial charge in [0.05, 0.1) is 6.10 Å². The number of nitrogen functional groups attached to an aromatic ring is 1. The van der Waals surface area contributed by atoms with Crippen LogP contribution in [-0.4, -0.2) is 27.7 Å². The van der Waals surface area contributed by atoms with Crippen molar-refractivity contribution >= 4 is 11.6 Å². The van der Waals surface area contributed by atoms with Crippen LogP contribution in [0.3, 0.4) is 0 Å². The van der Waals surface area contributed by atoms with Crippen LogP contribution in [0, 0.1) is 6.92 Å². The molecule has 1 heterocycles. The largest absolute Gasteiger partial charge is 0.393 e. The van der Waals surface area contributed by atoms with Crippen LogP contribution < -0.4 is 16.6 Å². The number of aliphatic hydroxyl groups is 1. The molecule has 1 fully saturated rings. The molecule has 1 aromatic rings. The number of nitrogens with one attached hydrogen (secondary N) is 2. The lowest BCUT2D eigenvalue weighted by atomic mass is 10.2. The molecule has 0 saturated heterocycles. The molecule has 5 N–H and O–H groups in total. The Labute approximate surface area is 107 Å². The van der Waals surface area contributed by atoms with Gasteiger partial charge in [-0.05, 0) is 33.1 Å². The topological polar surface area (TPSA) is 96.1 Å². The van der Waals surface area contributed by atoms with Crippen LogP contribution in [0.1, 0.15) is 43.5 Å². The van der Waals surface area contributed by atoms with Crippen molar-refractivity contribution in [3.05, 3.63) is 11.4 Å². The maximum atomic E-state index is 9.25.